The van der Waals surface area contributed by atoms with Crippen LogP contribution in [-0.4, -0.2) is 17.6 Å². The monoisotopic (exact) mass is 336 g/mol. The van der Waals surface area contributed by atoms with Crippen LogP contribution in [0.2, 0.25) is 0 Å². The summed E-state index contributed by atoms with van der Waals surface area (Å²) in [6.45, 7) is 3.33. The minimum atomic E-state index is 0.628. The molecule has 4 heteroatoms. The third-order valence-electron chi connectivity index (χ3n) is 3.54. The normalized spacial score (nSPS) is 18.9. The molecule has 1 aliphatic heterocycles. The molecular formula is C15H17BrN2S. The zero-order valence-corrected chi connectivity index (χ0v) is 13.4. The van der Waals surface area contributed by atoms with Crippen LogP contribution in [0, 0.1) is 6.92 Å². The first-order valence-corrected chi connectivity index (χ1v) is 8.29. The second-order valence-electron chi connectivity index (χ2n) is 5.02. The summed E-state index contributed by atoms with van der Waals surface area (Å²) in [5.74, 6) is 0. The van der Waals surface area contributed by atoms with E-state index in [0.717, 1.165) is 23.1 Å². The van der Waals surface area contributed by atoms with Crippen LogP contribution >= 0.6 is 27.3 Å². The van der Waals surface area contributed by atoms with E-state index in [1.165, 1.54) is 28.3 Å². The number of thiazole rings is 1. The largest absolute Gasteiger partial charge is 0.314 e. The molecule has 100 valence electrons. The highest BCUT2D eigenvalue weighted by atomic mass is 79.9. The van der Waals surface area contributed by atoms with E-state index in [-0.39, 0.29) is 0 Å². The molecule has 1 fully saturated rings. The molecule has 0 bridgehead atoms. The van der Waals surface area contributed by atoms with Gasteiger partial charge in [-0.15, -0.1) is 11.3 Å². The van der Waals surface area contributed by atoms with Crippen molar-refractivity contribution < 1.29 is 0 Å². The third kappa shape index (κ3) is 3.07. The lowest BCUT2D eigenvalue weighted by atomic mass is 10.1. The lowest BCUT2D eigenvalue weighted by Crippen LogP contribution is -2.23. The molecule has 0 spiro atoms. The van der Waals surface area contributed by atoms with Crippen LogP contribution in [0.5, 0.6) is 0 Å². The highest BCUT2D eigenvalue weighted by Gasteiger charge is 2.17. The average Bonchev–Trinajstić information content (AvgIpc) is 3.01. The number of benzene rings is 1. The third-order valence-corrected chi connectivity index (χ3v) is 5.06. The summed E-state index contributed by atoms with van der Waals surface area (Å²) in [7, 11) is 0. The van der Waals surface area contributed by atoms with Crippen molar-refractivity contribution in [1.82, 2.24) is 10.3 Å². The Labute approximate surface area is 126 Å². The minimum Gasteiger partial charge on any atom is -0.314 e. The number of aryl methyl sites for hydroxylation is 1. The van der Waals surface area contributed by atoms with Crippen LogP contribution < -0.4 is 5.32 Å². The SMILES string of the molecule is Cc1sc(CC2CCCN2)nc1-c1ccc(Br)cc1. The Hall–Kier alpha value is -0.710. The standard InChI is InChI=1S/C15H17BrN2S/c1-10-15(11-4-6-12(16)7-5-11)18-14(19-10)9-13-3-2-8-17-13/h4-7,13,17H,2-3,8-9H2,1H3. The number of halogens is 1. The Morgan fingerprint density at radius 3 is 2.84 bits per heavy atom. The Kier molecular flexibility index (Phi) is 4.01. The van der Waals surface area contributed by atoms with Crippen LogP contribution in [0.1, 0.15) is 22.7 Å². The summed E-state index contributed by atoms with van der Waals surface area (Å²) in [6.07, 6.45) is 3.66. The van der Waals surface area contributed by atoms with E-state index < -0.39 is 0 Å². The second kappa shape index (κ2) is 5.73. The molecule has 1 saturated heterocycles. The minimum absolute atomic E-state index is 0.628. The number of nitrogens with zero attached hydrogens (tertiary/aromatic N) is 1. The van der Waals surface area contributed by atoms with Gasteiger partial charge in [0.15, 0.2) is 0 Å². The maximum Gasteiger partial charge on any atom is 0.0950 e. The van der Waals surface area contributed by atoms with Crippen LogP contribution in [0.4, 0.5) is 0 Å². The molecule has 19 heavy (non-hydrogen) atoms. The molecule has 1 unspecified atom stereocenters. The molecule has 1 aliphatic rings. The lowest BCUT2D eigenvalue weighted by Gasteiger charge is -2.06. The predicted octanol–water partition coefficient (Wildman–Crippen LogP) is 4.18. The summed E-state index contributed by atoms with van der Waals surface area (Å²) in [6, 6.07) is 9.04. The highest BCUT2D eigenvalue weighted by molar-refractivity contribution is 9.10. The number of hydrogen-bond donors (Lipinski definition) is 1. The van der Waals surface area contributed by atoms with Crippen molar-refractivity contribution in [3.63, 3.8) is 0 Å². The summed E-state index contributed by atoms with van der Waals surface area (Å²) >= 11 is 5.31. The van der Waals surface area contributed by atoms with Crippen LogP contribution in [0.15, 0.2) is 28.7 Å². The van der Waals surface area contributed by atoms with E-state index >= 15 is 0 Å². The Balaban J connectivity index is 1.82. The van der Waals surface area contributed by atoms with E-state index in [9.17, 15) is 0 Å². The maximum absolute atomic E-state index is 4.84. The van der Waals surface area contributed by atoms with Gasteiger partial charge in [0, 0.05) is 27.4 Å². The fraction of sp³-hybridized carbons (Fsp3) is 0.400. The van der Waals surface area contributed by atoms with Gasteiger partial charge in [-0.25, -0.2) is 4.98 Å². The van der Waals surface area contributed by atoms with Gasteiger partial charge in [-0.1, -0.05) is 28.1 Å². The maximum atomic E-state index is 4.84. The van der Waals surface area contributed by atoms with Crippen molar-refractivity contribution in [2.24, 2.45) is 0 Å². The number of aromatic nitrogens is 1. The fourth-order valence-corrected chi connectivity index (χ4v) is 3.86. The highest BCUT2D eigenvalue weighted by Crippen LogP contribution is 2.29. The first-order chi connectivity index (χ1) is 9.22. The smallest absolute Gasteiger partial charge is 0.0950 e. The van der Waals surface area contributed by atoms with Gasteiger partial charge in [-0.3, -0.25) is 0 Å². The van der Waals surface area contributed by atoms with Gasteiger partial charge in [0.2, 0.25) is 0 Å². The number of nitrogens with one attached hydrogen (secondary N) is 1. The molecule has 3 rings (SSSR count). The van der Waals surface area contributed by atoms with Crippen LogP contribution in [0.3, 0.4) is 0 Å². The predicted molar refractivity (Wildman–Crippen MR) is 84.7 cm³/mol. The fourth-order valence-electron chi connectivity index (χ4n) is 2.56. The average molecular weight is 337 g/mol. The van der Waals surface area contributed by atoms with Gasteiger partial charge in [0.25, 0.3) is 0 Å². The quantitative estimate of drug-likeness (QED) is 0.909. The van der Waals surface area contributed by atoms with Gasteiger partial charge in [-0.2, -0.15) is 0 Å². The zero-order valence-electron chi connectivity index (χ0n) is 10.9. The molecule has 2 heterocycles. The molecule has 1 aromatic heterocycles. The van der Waals surface area contributed by atoms with E-state index in [1.807, 2.05) is 11.3 Å². The summed E-state index contributed by atoms with van der Waals surface area (Å²) in [4.78, 5) is 6.15. The molecule has 1 aromatic carbocycles. The van der Waals surface area contributed by atoms with E-state index in [1.54, 1.807) is 0 Å². The number of rotatable bonds is 3. The van der Waals surface area contributed by atoms with E-state index in [0.29, 0.717) is 6.04 Å². The van der Waals surface area contributed by atoms with Crippen molar-refractivity contribution in [1.29, 1.82) is 0 Å². The first-order valence-electron chi connectivity index (χ1n) is 6.68. The molecule has 2 nitrogen and oxygen atoms in total. The van der Waals surface area contributed by atoms with Crippen LogP contribution in [0.25, 0.3) is 11.3 Å². The Morgan fingerprint density at radius 1 is 1.37 bits per heavy atom. The van der Waals surface area contributed by atoms with Crippen molar-refractivity contribution >= 4 is 27.3 Å². The first kappa shape index (κ1) is 13.3. The van der Waals surface area contributed by atoms with E-state index in [4.69, 9.17) is 4.98 Å². The molecule has 0 radical (unpaired) electrons. The molecule has 0 saturated carbocycles. The van der Waals surface area contributed by atoms with Crippen molar-refractivity contribution in [2.45, 2.75) is 32.2 Å². The molecule has 1 N–H and O–H groups in total. The number of hydrogen-bond acceptors (Lipinski definition) is 3. The topological polar surface area (TPSA) is 24.9 Å². The van der Waals surface area contributed by atoms with Crippen LogP contribution in [-0.2, 0) is 6.42 Å². The van der Waals surface area contributed by atoms with E-state index in [2.05, 4.69) is 52.4 Å². The molecule has 1 atom stereocenters. The van der Waals surface area contributed by atoms with Gasteiger partial charge < -0.3 is 5.32 Å². The van der Waals surface area contributed by atoms with Gasteiger partial charge in [-0.05, 0) is 38.4 Å². The lowest BCUT2D eigenvalue weighted by molar-refractivity contribution is 0.601. The van der Waals surface area contributed by atoms with Gasteiger partial charge >= 0.3 is 0 Å². The Bertz CT molecular complexity index is 556. The van der Waals surface area contributed by atoms with Crippen molar-refractivity contribution in [3.8, 4) is 11.3 Å². The zero-order chi connectivity index (χ0) is 13.2. The van der Waals surface area contributed by atoms with Crippen molar-refractivity contribution in [3.05, 3.63) is 38.6 Å². The Morgan fingerprint density at radius 2 is 2.16 bits per heavy atom. The van der Waals surface area contributed by atoms with Gasteiger partial charge in [0.05, 0.1) is 10.7 Å². The van der Waals surface area contributed by atoms with Crippen molar-refractivity contribution in [2.75, 3.05) is 6.54 Å². The molecule has 2 aromatic rings. The molecular weight excluding hydrogens is 320 g/mol. The molecule has 0 amide bonds. The van der Waals surface area contributed by atoms with Gasteiger partial charge in [0.1, 0.15) is 0 Å². The summed E-state index contributed by atoms with van der Waals surface area (Å²) in [5, 5.41) is 4.80. The molecule has 0 aliphatic carbocycles. The second-order valence-corrected chi connectivity index (χ2v) is 7.22. The summed E-state index contributed by atoms with van der Waals surface area (Å²) in [5.41, 5.74) is 2.35. The summed E-state index contributed by atoms with van der Waals surface area (Å²) < 4.78 is 1.11.